The van der Waals surface area contributed by atoms with Crippen LogP contribution in [0.3, 0.4) is 0 Å². The lowest BCUT2D eigenvalue weighted by Crippen LogP contribution is -2.31. The maximum atomic E-state index is 14.8. The Balaban J connectivity index is 0.00000109. The van der Waals surface area contributed by atoms with Crippen molar-refractivity contribution >= 4 is 22.6 Å². The zero-order valence-electron chi connectivity index (χ0n) is 16.7. The molecule has 5 heteroatoms. The second kappa shape index (κ2) is 10.0. The maximum absolute atomic E-state index is 14.8. The molecule has 1 aliphatic heterocycles. The molecule has 1 unspecified atom stereocenters. The minimum absolute atomic E-state index is 0.0393. The molecule has 0 aromatic heterocycles. The highest BCUT2D eigenvalue weighted by Gasteiger charge is 2.26. The van der Waals surface area contributed by atoms with Crippen LogP contribution in [0.25, 0.3) is 0 Å². The standard InChI is InChI=1S/C22H27FN2O.CH3I/c1-15(24)18-6-4-16(5-7-18)11-25-12-19-8-9-20(26-14-17-2-3-17)10-21(19)22(23)13-25;1-2/h4-10,15,17,22H,2-3,11-14,24H2,1H3;1H3/t15-,22?;/m0./s1. The highest BCUT2D eigenvalue weighted by molar-refractivity contribution is 14.1. The minimum atomic E-state index is -0.966. The normalized spacial score (nSPS) is 20.0. The summed E-state index contributed by atoms with van der Waals surface area (Å²) in [5.74, 6) is 1.51. The van der Waals surface area contributed by atoms with Crippen LogP contribution in [0.5, 0.6) is 5.75 Å². The van der Waals surface area contributed by atoms with Crippen molar-refractivity contribution in [2.45, 2.75) is 45.1 Å². The Hall–Kier alpha value is -1.18. The van der Waals surface area contributed by atoms with Crippen molar-refractivity contribution in [3.8, 4) is 5.75 Å². The molecule has 1 heterocycles. The summed E-state index contributed by atoms with van der Waals surface area (Å²) in [6, 6.07) is 14.3. The van der Waals surface area contributed by atoms with Crippen molar-refractivity contribution < 1.29 is 9.13 Å². The van der Waals surface area contributed by atoms with Gasteiger partial charge in [-0.1, -0.05) is 52.9 Å². The number of hydrogen-bond donors (Lipinski definition) is 1. The van der Waals surface area contributed by atoms with Gasteiger partial charge in [0.15, 0.2) is 0 Å². The van der Waals surface area contributed by atoms with Gasteiger partial charge in [0.2, 0.25) is 0 Å². The van der Waals surface area contributed by atoms with Gasteiger partial charge in [0.1, 0.15) is 11.9 Å². The SMILES string of the molecule is CI.C[C@H](N)c1ccc(CN2Cc3ccc(OCC4CC4)cc3C(F)C2)cc1. The monoisotopic (exact) mass is 496 g/mol. The van der Waals surface area contributed by atoms with E-state index in [2.05, 4.69) is 51.8 Å². The number of hydrogen-bond acceptors (Lipinski definition) is 3. The molecule has 2 aromatic carbocycles. The van der Waals surface area contributed by atoms with E-state index in [0.717, 1.165) is 42.1 Å². The second-order valence-corrected chi connectivity index (χ2v) is 7.78. The molecule has 3 nitrogen and oxygen atoms in total. The number of alkyl halides is 2. The van der Waals surface area contributed by atoms with Gasteiger partial charge in [0, 0.05) is 25.7 Å². The summed E-state index contributed by atoms with van der Waals surface area (Å²) in [6.45, 7) is 4.69. The zero-order chi connectivity index (χ0) is 20.1. The third-order valence-corrected chi connectivity index (χ3v) is 5.36. The predicted molar refractivity (Wildman–Crippen MR) is 122 cm³/mol. The van der Waals surface area contributed by atoms with E-state index in [-0.39, 0.29) is 6.04 Å². The van der Waals surface area contributed by atoms with Gasteiger partial charge < -0.3 is 10.5 Å². The van der Waals surface area contributed by atoms with Gasteiger partial charge in [-0.2, -0.15) is 0 Å². The number of fused-ring (bicyclic) bond motifs is 1. The summed E-state index contributed by atoms with van der Waals surface area (Å²) in [6.07, 6.45) is 1.56. The Labute approximate surface area is 181 Å². The highest BCUT2D eigenvalue weighted by Crippen LogP contribution is 2.34. The topological polar surface area (TPSA) is 38.5 Å². The van der Waals surface area contributed by atoms with Gasteiger partial charge in [0.25, 0.3) is 0 Å². The summed E-state index contributed by atoms with van der Waals surface area (Å²) >= 11 is 2.15. The molecule has 152 valence electrons. The first-order valence-electron chi connectivity index (χ1n) is 9.93. The fourth-order valence-corrected chi connectivity index (χ4v) is 3.53. The van der Waals surface area contributed by atoms with E-state index in [1.54, 1.807) is 0 Å². The molecular weight excluding hydrogens is 466 g/mol. The Morgan fingerprint density at radius 2 is 1.89 bits per heavy atom. The van der Waals surface area contributed by atoms with Gasteiger partial charge in [-0.3, -0.25) is 4.90 Å². The fraction of sp³-hybridized carbons (Fsp3) is 0.478. The summed E-state index contributed by atoms with van der Waals surface area (Å²) in [5.41, 5.74) is 10.1. The molecule has 2 aliphatic rings. The average molecular weight is 496 g/mol. The number of halogens is 2. The first kappa shape index (κ1) is 21.5. The average Bonchev–Trinajstić information content (AvgIpc) is 3.53. The second-order valence-electron chi connectivity index (χ2n) is 7.78. The van der Waals surface area contributed by atoms with E-state index in [0.29, 0.717) is 12.5 Å². The number of benzene rings is 2. The fourth-order valence-electron chi connectivity index (χ4n) is 3.53. The van der Waals surface area contributed by atoms with Crippen LogP contribution >= 0.6 is 22.6 Å². The minimum Gasteiger partial charge on any atom is -0.493 e. The Bertz CT molecular complexity index is 762. The summed E-state index contributed by atoms with van der Waals surface area (Å²) < 4.78 is 20.6. The molecule has 1 fully saturated rings. The van der Waals surface area contributed by atoms with Crippen molar-refractivity contribution in [2.75, 3.05) is 18.1 Å². The van der Waals surface area contributed by atoms with Crippen LogP contribution in [-0.4, -0.2) is 23.0 Å². The van der Waals surface area contributed by atoms with Crippen molar-refractivity contribution in [3.63, 3.8) is 0 Å². The molecule has 0 spiro atoms. The van der Waals surface area contributed by atoms with E-state index in [9.17, 15) is 4.39 Å². The molecule has 2 N–H and O–H groups in total. The first-order valence-corrected chi connectivity index (χ1v) is 12.1. The molecule has 0 saturated heterocycles. The lowest BCUT2D eigenvalue weighted by Gasteiger charge is -2.31. The van der Waals surface area contributed by atoms with Gasteiger partial charge in [0.05, 0.1) is 6.61 Å². The smallest absolute Gasteiger partial charge is 0.138 e. The maximum Gasteiger partial charge on any atom is 0.138 e. The Morgan fingerprint density at radius 1 is 1.18 bits per heavy atom. The lowest BCUT2D eigenvalue weighted by atomic mass is 9.97. The van der Waals surface area contributed by atoms with Crippen LogP contribution in [0.2, 0.25) is 0 Å². The third-order valence-electron chi connectivity index (χ3n) is 5.36. The van der Waals surface area contributed by atoms with Crippen molar-refractivity contribution in [3.05, 3.63) is 64.7 Å². The summed E-state index contributed by atoms with van der Waals surface area (Å²) in [7, 11) is 0. The molecule has 0 amide bonds. The van der Waals surface area contributed by atoms with Gasteiger partial charge in [-0.25, -0.2) is 4.39 Å². The van der Waals surface area contributed by atoms with E-state index >= 15 is 0 Å². The molecular formula is C23H30FIN2O. The van der Waals surface area contributed by atoms with Crippen molar-refractivity contribution in [1.82, 2.24) is 4.90 Å². The number of nitrogens with two attached hydrogens (primary N) is 1. The Kier molecular flexibility index (Phi) is 7.71. The van der Waals surface area contributed by atoms with E-state index in [1.807, 2.05) is 30.1 Å². The number of ether oxygens (including phenoxy) is 1. The van der Waals surface area contributed by atoms with Crippen molar-refractivity contribution in [2.24, 2.45) is 11.7 Å². The van der Waals surface area contributed by atoms with E-state index in [4.69, 9.17) is 10.5 Å². The third kappa shape index (κ3) is 5.67. The van der Waals surface area contributed by atoms with Crippen LogP contribution in [0.4, 0.5) is 4.39 Å². The summed E-state index contributed by atoms with van der Waals surface area (Å²) in [4.78, 5) is 4.14. The largest absolute Gasteiger partial charge is 0.493 e. The molecule has 1 aliphatic carbocycles. The molecule has 0 bridgehead atoms. The summed E-state index contributed by atoms with van der Waals surface area (Å²) in [5, 5.41) is 0. The number of rotatable bonds is 6. The van der Waals surface area contributed by atoms with Crippen LogP contribution in [0, 0.1) is 5.92 Å². The van der Waals surface area contributed by atoms with Crippen LogP contribution in [0.15, 0.2) is 42.5 Å². The van der Waals surface area contributed by atoms with Gasteiger partial charge >= 0.3 is 0 Å². The van der Waals surface area contributed by atoms with E-state index in [1.165, 1.54) is 18.4 Å². The predicted octanol–water partition coefficient (Wildman–Crippen LogP) is 5.57. The molecule has 1 saturated carbocycles. The molecule has 2 aromatic rings. The lowest BCUT2D eigenvalue weighted by molar-refractivity contribution is 0.158. The zero-order valence-corrected chi connectivity index (χ0v) is 18.9. The Morgan fingerprint density at radius 3 is 2.54 bits per heavy atom. The van der Waals surface area contributed by atoms with Gasteiger partial charge in [-0.15, -0.1) is 0 Å². The van der Waals surface area contributed by atoms with E-state index < -0.39 is 6.17 Å². The first-order chi connectivity index (χ1) is 13.6. The number of nitrogens with zero attached hydrogens (tertiary/aromatic N) is 1. The van der Waals surface area contributed by atoms with Crippen LogP contribution < -0.4 is 10.5 Å². The molecule has 0 radical (unpaired) electrons. The van der Waals surface area contributed by atoms with Gasteiger partial charge in [-0.05, 0) is 65.0 Å². The van der Waals surface area contributed by atoms with Crippen molar-refractivity contribution in [1.29, 1.82) is 0 Å². The molecule has 4 rings (SSSR count). The quantitative estimate of drug-likeness (QED) is 0.420. The van der Waals surface area contributed by atoms with Crippen LogP contribution in [-0.2, 0) is 13.1 Å². The highest BCUT2D eigenvalue weighted by atomic mass is 127. The van der Waals surface area contributed by atoms with Crippen LogP contribution in [0.1, 0.15) is 54.2 Å². The molecule has 2 atom stereocenters. The molecule has 28 heavy (non-hydrogen) atoms.